The Kier molecular flexibility index (Phi) is 7.58. The fourth-order valence-corrected chi connectivity index (χ4v) is 5.86. The van der Waals surface area contributed by atoms with Crippen LogP contribution in [0.25, 0.3) is 0 Å². The van der Waals surface area contributed by atoms with Gasteiger partial charge >= 0.3 is 0 Å². The van der Waals surface area contributed by atoms with Gasteiger partial charge in [0.15, 0.2) is 9.47 Å². The third-order valence-corrected chi connectivity index (χ3v) is 7.64. The summed E-state index contributed by atoms with van der Waals surface area (Å²) < 4.78 is 6.20. The van der Waals surface area contributed by atoms with Crippen LogP contribution in [0, 0.1) is 0 Å². The summed E-state index contributed by atoms with van der Waals surface area (Å²) in [7, 11) is 1.64. The molecule has 0 aliphatic heterocycles. The number of para-hydroxylation sites is 3. The summed E-state index contributed by atoms with van der Waals surface area (Å²) in [4.78, 5) is 18.9. The van der Waals surface area contributed by atoms with Crippen LogP contribution in [0.1, 0.15) is 25.1 Å². The minimum Gasteiger partial charge on any atom is -0.495 e. The maximum atomic E-state index is 12.5. The van der Waals surface area contributed by atoms with Crippen molar-refractivity contribution in [3.63, 3.8) is 0 Å². The monoisotopic (exact) mass is 497 g/mol. The first-order valence-electron chi connectivity index (χ1n) is 10.3. The summed E-state index contributed by atoms with van der Waals surface area (Å²) in [6.45, 7) is 3.65. The normalized spacial score (nSPS) is 10.8. The molecule has 0 aliphatic carbocycles. The molecule has 0 fully saturated rings. The molecule has 2 aromatic heterocycles. The molecular formula is C23H23N5O2S3. The van der Waals surface area contributed by atoms with Crippen molar-refractivity contribution in [2.75, 3.05) is 17.3 Å². The summed E-state index contributed by atoms with van der Waals surface area (Å²) in [6.07, 6.45) is 0.844. The van der Waals surface area contributed by atoms with E-state index in [4.69, 9.17) is 9.72 Å². The van der Waals surface area contributed by atoms with E-state index in [-0.39, 0.29) is 5.91 Å². The molecular weight excluding hydrogens is 474 g/mol. The Balaban J connectivity index is 1.43. The highest BCUT2D eigenvalue weighted by Crippen LogP contribution is 2.35. The van der Waals surface area contributed by atoms with Crippen LogP contribution in [0.5, 0.6) is 5.75 Å². The zero-order chi connectivity index (χ0) is 23.2. The van der Waals surface area contributed by atoms with Gasteiger partial charge in [-0.15, -0.1) is 21.5 Å². The van der Waals surface area contributed by atoms with Gasteiger partial charge in [0, 0.05) is 18.1 Å². The Morgan fingerprint density at radius 1 is 1.15 bits per heavy atom. The highest BCUT2D eigenvalue weighted by Gasteiger charge is 2.20. The van der Waals surface area contributed by atoms with E-state index in [1.807, 2.05) is 53.9 Å². The van der Waals surface area contributed by atoms with E-state index < -0.39 is 0 Å². The Hall–Kier alpha value is -2.95. The number of methoxy groups -OCH3 is 1. The number of carbonyl (C=O) groups excluding carboxylic acids is 1. The van der Waals surface area contributed by atoms with Crippen LogP contribution in [-0.4, -0.2) is 28.2 Å². The van der Waals surface area contributed by atoms with Gasteiger partial charge in [-0.2, -0.15) is 0 Å². The van der Waals surface area contributed by atoms with Crippen LogP contribution in [0.2, 0.25) is 0 Å². The van der Waals surface area contributed by atoms with E-state index in [1.165, 1.54) is 22.7 Å². The highest BCUT2D eigenvalue weighted by molar-refractivity contribution is 8.00. The van der Waals surface area contributed by atoms with Gasteiger partial charge in [0.2, 0.25) is 11.0 Å². The lowest BCUT2D eigenvalue weighted by Gasteiger charge is -2.20. The molecule has 0 spiro atoms. The van der Waals surface area contributed by atoms with Gasteiger partial charge < -0.3 is 10.1 Å². The van der Waals surface area contributed by atoms with E-state index in [2.05, 4.69) is 22.4 Å². The van der Waals surface area contributed by atoms with E-state index in [0.717, 1.165) is 39.1 Å². The molecule has 0 radical (unpaired) electrons. The molecule has 0 saturated heterocycles. The summed E-state index contributed by atoms with van der Waals surface area (Å²) >= 11 is 4.51. The maximum Gasteiger partial charge on any atom is 0.230 e. The molecule has 0 bridgehead atoms. The average Bonchev–Trinajstić information content (AvgIpc) is 3.48. The quantitative estimate of drug-likeness (QED) is 0.272. The first kappa shape index (κ1) is 23.2. The molecule has 7 nitrogen and oxygen atoms in total. The topological polar surface area (TPSA) is 80.2 Å². The summed E-state index contributed by atoms with van der Waals surface area (Å²) in [5.41, 5.74) is 3.74. The van der Waals surface area contributed by atoms with Crippen molar-refractivity contribution in [3.8, 4) is 5.75 Å². The first-order valence-corrected chi connectivity index (χ1v) is 13.0. The number of nitrogens with one attached hydrogen (secondary N) is 1. The number of thiazole rings is 1. The van der Waals surface area contributed by atoms with Crippen molar-refractivity contribution in [1.29, 1.82) is 0 Å². The standard InChI is InChI=1S/C23H23N5O2S3/c1-4-16-9-5-7-11-19(16)28(15(2)29)22-24-17(13-31-22)14-32-23-27-26-21(33-23)25-18-10-6-8-12-20(18)30-3/h5-13H,4,14H2,1-3H3,(H,25,26). The predicted octanol–water partition coefficient (Wildman–Crippen LogP) is 6.29. The van der Waals surface area contributed by atoms with Crippen LogP contribution < -0.4 is 15.0 Å². The van der Waals surface area contributed by atoms with Gasteiger partial charge in [0.25, 0.3) is 0 Å². The molecule has 0 unspecified atom stereocenters. The Morgan fingerprint density at radius 3 is 2.73 bits per heavy atom. The third kappa shape index (κ3) is 5.52. The lowest BCUT2D eigenvalue weighted by molar-refractivity contribution is -0.115. The van der Waals surface area contributed by atoms with Gasteiger partial charge in [-0.1, -0.05) is 60.4 Å². The van der Waals surface area contributed by atoms with Crippen LogP contribution in [-0.2, 0) is 17.0 Å². The molecule has 2 aromatic carbocycles. The van der Waals surface area contributed by atoms with Gasteiger partial charge in [0.1, 0.15) is 5.75 Å². The average molecular weight is 498 g/mol. The zero-order valence-corrected chi connectivity index (χ0v) is 20.9. The summed E-state index contributed by atoms with van der Waals surface area (Å²) in [5.74, 6) is 1.33. The summed E-state index contributed by atoms with van der Waals surface area (Å²) in [5, 5.41) is 15.1. The number of thioether (sulfide) groups is 1. The molecule has 0 aliphatic rings. The van der Waals surface area contributed by atoms with Crippen LogP contribution in [0.4, 0.5) is 21.6 Å². The minimum absolute atomic E-state index is 0.0550. The second-order valence-corrected chi connectivity index (χ2v) is 9.98. The molecule has 4 aromatic rings. The van der Waals surface area contributed by atoms with Crippen molar-refractivity contribution in [2.45, 2.75) is 30.4 Å². The van der Waals surface area contributed by atoms with Crippen molar-refractivity contribution in [1.82, 2.24) is 15.2 Å². The van der Waals surface area contributed by atoms with Crippen LogP contribution >= 0.6 is 34.4 Å². The number of anilines is 4. The molecule has 0 saturated carbocycles. The Morgan fingerprint density at radius 2 is 1.94 bits per heavy atom. The molecule has 2 heterocycles. The lowest BCUT2D eigenvalue weighted by Crippen LogP contribution is -2.23. The SMILES string of the molecule is CCc1ccccc1N(C(C)=O)c1nc(CSc2nnc(Nc3ccccc3OC)s2)cs1. The number of hydrogen-bond donors (Lipinski definition) is 1. The van der Waals surface area contributed by atoms with E-state index >= 15 is 0 Å². The smallest absolute Gasteiger partial charge is 0.230 e. The first-order chi connectivity index (χ1) is 16.1. The Bertz CT molecular complexity index is 1240. The van der Waals surface area contributed by atoms with Crippen molar-refractivity contribution in [3.05, 3.63) is 65.2 Å². The van der Waals surface area contributed by atoms with Gasteiger partial charge in [-0.05, 0) is 30.2 Å². The number of hydrogen-bond acceptors (Lipinski definition) is 9. The predicted molar refractivity (Wildman–Crippen MR) is 137 cm³/mol. The minimum atomic E-state index is -0.0550. The lowest BCUT2D eigenvalue weighted by atomic mass is 10.1. The fraction of sp³-hybridized carbons (Fsp3) is 0.217. The highest BCUT2D eigenvalue weighted by atomic mass is 32.2. The number of nitrogens with zero attached hydrogens (tertiary/aromatic N) is 4. The second-order valence-electron chi connectivity index (χ2n) is 6.95. The number of ether oxygens (including phenoxy) is 1. The Labute approximate surface area is 204 Å². The van der Waals surface area contributed by atoms with Crippen molar-refractivity contribution < 1.29 is 9.53 Å². The number of amides is 1. The molecule has 1 amide bonds. The largest absolute Gasteiger partial charge is 0.495 e. The van der Waals surface area contributed by atoms with E-state index in [0.29, 0.717) is 16.0 Å². The maximum absolute atomic E-state index is 12.5. The number of rotatable bonds is 9. The molecule has 4 rings (SSSR count). The number of aromatic nitrogens is 3. The zero-order valence-electron chi connectivity index (χ0n) is 18.4. The van der Waals surface area contributed by atoms with Gasteiger partial charge in [0.05, 0.1) is 24.2 Å². The van der Waals surface area contributed by atoms with E-state index in [1.54, 1.807) is 30.7 Å². The van der Waals surface area contributed by atoms with Crippen molar-refractivity contribution in [2.24, 2.45) is 0 Å². The van der Waals surface area contributed by atoms with Gasteiger partial charge in [-0.25, -0.2) is 4.98 Å². The number of benzene rings is 2. The number of carbonyl (C=O) groups is 1. The number of aryl methyl sites for hydroxylation is 1. The third-order valence-electron chi connectivity index (χ3n) is 4.76. The molecule has 10 heteroatoms. The van der Waals surface area contributed by atoms with Crippen molar-refractivity contribution >= 4 is 62.0 Å². The van der Waals surface area contributed by atoms with Crippen LogP contribution in [0.3, 0.4) is 0 Å². The second kappa shape index (κ2) is 10.8. The molecule has 0 atom stereocenters. The van der Waals surface area contributed by atoms with Crippen LogP contribution in [0.15, 0.2) is 58.3 Å². The summed E-state index contributed by atoms with van der Waals surface area (Å²) in [6, 6.07) is 15.6. The molecule has 33 heavy (non-hydrogen) atoms. The van der Waals surface area contributed by atoms with E-state index in [9.17, 15) is 4.79 Å². The molecule has 1 N–H and O–H groups in total. The fourth-order valence-electron chi connectivity index (χ4n) is 3.22. The van der Waals surface area contributed by atoms with Gasteiger partial charge in [-0.3, -0.25) is 9.69 Å². The molecule has 170 valence electrons.